The highest BCUT2D eigenvalue weighted by atomic mass is 16.1. The lowest BCUT2D eigenvalue weighted by Gasteiger charge is -2.07. The van der Waals surface area contributed by atoms with Gasteiger partial charge in [0.25, 0.3) is 0 Å². The number of anilines is 2. The number of benzene rings is 1. The van der Waals surface area contributed by atoms with Gasteiger partial charge >= 0.3 is 0 Å². The Bertz CT molecular complexity index is 581. The van der Waals surface area contributed by atoms with E-state index in [0.717, 1.165) is 5.56 Å². The number of nitrogens with zero attached hydrogens (tertiary/aromatic N) is 1. The van der Waals surface area contributed by atoms with Gasteiger partial charge in [0.1, 0.15) is 0 Å². The zero-order valence-electron chi connectivity index (χ0n) is 10.9. The summed E-state index contributed by atoms with van der Waals surface area (Å²) >= 11 is 0. The van der Waals surface area contributed by atoms with E-state index in [9.17, 15) is 4.79 Å². The summed E-state index contributed by atoms with van der Waals surface area (Å²) in [5.74, 6) is 0.351. The van der Waals surface area contributed by atoms with Gasteiger partial charge in [0, 0.05) is 12.6 Å². The SMILES string of the molecule is Cc1cccc(CCC(=O)Nc2ncccc2N)c1. The summed E-state index contributed by atoms with van der Waals surface area (Å²) in [6.07, 6.45) is 2.73. The summed E-state index contributed by atoms with van der Waals surface area (Å²) < 4.78 is 0. The van der Waals surface area contributed by atoms with Crippen molar-refractivity contribution in [1.82, 2.24) is 4.98 Å². The van der Waals surface area contributed by atoms with Gasteiger partial charge in [-0.2, -0.15) is 0 Å². The fourth-order valence-electron chi connectivity index (χ4n) is 1.84. The molecule has 2 aromatic rings. The monoisotopic (exact) mass is 255 g/mol. The van der Waals surface area contributed by atoms with Gasteiger partial charge in [-0.1, -0.05) is 29.8 Å². The smallest absolute Gasteiger partial charge is 0.225 e. The zero-order chi connectivity index (χ0) is 13.7. The first-order valence-electron chi connectivity index (χ1n) is 6.21. The number of nitrogens with two attached hydrogens (primary N) is 1. The number of aryl methyl sites for hydroxylation is 2. The Morgan fingerprint density at radius 1 is 1.32 bits per heavy atom. The second-order valence-corrected chi connectivity index (χ2v) is 4.48. The molecule has 0 unspecified atom stereocenters. The number of nitrogen functional groups attached to an aromatic ring is 1. The number of carbonyl (C=O) groups excluding carboxylic acids is 1. The first-order chi connectivity index (χ1) is 9.15. The molecule has 0 aliphatic carbocycles. The lowest BCUT2D eigenvalue weighted by molar-refractivity contribution is -0.116. The van der Waals surface area contributed by atoms with Gasteiger partial charge < -0.3 is 11.1 Å². The van der Waals surface area contributed by atoms with Crippen molar-refractivity contribution in [3.63, 3.8) is 0 Å². The number of hydrogen-bond acceptors (Lipinski definition) is 3. The number of amides is 1. The van der Waals surface area contributed by atoms with Gasteiger partial charge in [-0.25, -0.2) is 4.98 Å². The zero-order valence-corrected chi connectivity index (χ0v) is 10.9. The van der Waals surface area contributed by atoms with Gasteiger partial charge in [-0.05, 0) is 31.0 Å². The molecule has 1 aromatic carbocycles. The van der Waals surface area contributed by atoms with Crippen molar-refractivity contribution in [3.05, 3.63) is 53.7 Å². The number of carbonyl (C=O) groups is 1. The lowest BCUT2D eigenvalue weighted by Crippen LogP contribution is -2.14. The third-order valence-electron chi connectivity index (χ3n) is 2.82. The highest BCUT2D eigenvalue weighted by molar-refractivity contribution is 5.92. The molecule has 1 heterocycles. The maximum absolute atomic E-state index is 11.8. The molecular formula is C15H17N3O. The molecule has 0 saturated heterocycles. The molecule has 19 heavy (non-hydrogen) atoms. The Balaban J connectivity index is 1.90. The molecule has 98 valence electrons. The van der Waals surface area contributed by atoms with Gasteiger partial charge in [0.05, 0.1) is 5.69 Å². The Morgan fingerprint density at radius 2 is 2.16 bits per heavy atom. The van der Waals surface area contributed by atoms with E-state index in [2.05, 4.69) is 16.4 Å². The first-order valence-corrected chi connectivity index (χ1v) is 6.21. The molecular weight excluding hydrogens is 238 g/mol. The summed E-state index contributed by atoms with van der Waals surface area (Å²) in [5, 5.41) is 2.72. The Morgan fingerprint density at radius 3 is 2.89 bits per heavy atom. The van der Waals surface area contributed by atoms with Gasteiger partial charge in [-0.15, -0.1) is 0 Å². The van der Waals surface area contributed by atoms with Crippen LogP contribution in [0.3, 0.4) is 0 Å². The Labute approximate surface area is 112 Å². The van der Waals surface area contributed by atoms with Crippen LogP contribution in [0.25, 0.3) is 0 Å². The van der Waals surface area contributed by atoms with Crippen molar-refractivity contribution in [2.45, 2.75) is 19.8 Å². The van der Waals surface area contributed by atoms with E-state index >= 15 is 0 Å². The van der Waals surface area contributed by atoms with Gasteiger partial charge in [-0.3, -0.25) is 4.79 Å². The van der Waals surface area contributed by atoms with E-state index in [4.69, 9.17) is 5.73 Å². The summed E-state index contributed by atoms with van der Waals surface area (Å²) in [6, 6.07) is 11.6. The largest absolute Gasteiger partial charge is 0.396 e. The maximum atomic E-state index is 11.8. The molecule has 0 saturated carbocycles. The summed E-state index contributed by atoms with van der Waals surface area (Å²) in [7, 11) is 0. The van der Waals surface area contributed by atoms with Crippen LogP contribution in [0.15, 0.2) is 42.6 Å². The number of hydrogen-bond donors (Lipinski definition) is 2. The Kier molecular flexibility index (Phi) is 4.13. The van der Waals surface area contributed by atoms with E-state index in [1.165, 1.54) is 5.56 Å². The predicted octanol–water partition coefficient (Wildman–Crippen LogP) is 2.54. The quantitative estimate of drug-likeness (QED) is 0.882. The standard InChI is InChI=1S/C15H17N3O/c1-11-4-2-5-12(10-11)7-8-14(19)18-15-13(16)6-3-9-17-15/h2-6,9-10H,7-8,16H2,1H3,(H,17,18,19). The van der Waals surface area contributed by atoms with Crippen molar-refractivity contribution >= 4 is 17.4 Å². The van der Waals surface area contributed by atoms with Crippen molar-refractivity contribution in [3.8, 4) is 0 Å². The van der Waals surface area contributed by atoms with Crippen molar-refractivity contribution in [2.75, 3.05) is 11.1 Å². The summed E-state index contributed by atoms with van der Waals surface area (Å²) in [6.45, 7) is 2.04. The van der Waals surface area contributed by atoms with E-state index in [1.54, 1.807) is 18.3 Å². The summed E-state index contributed by atoms with van der Waals surface area (Å²) in [5.41, 5.74) is 8.55. The van der Waals surface area contributed by atoms with Crippen LogP contribution in [0.1, 0.15) is 17.5 Å². The second kappa shape index (κ2) is 6.00. The fourth-order valence-corrected chi connectivity index (χ4v) is 1.84. The maximum Gasteiger partial charge on any atom is 0.225 e. The van der Waals surface area contributed by atoms with Crippen LogP contribution in [0, 0.1) is 6.92 Å². The minimum absolute atomic E-state index is 0.0769. The van der Waals surface area contributed by atoms with E-state index in [-0.39, 0.29) is 5.91 Å². The van der Waals surface area contributed by atoms with Gasteiger partial charge in [0.2, 0.25) is 5.91 Å². The molecule has 2 rings (SSSR count). The van der Waals surface area contributed by atoms with E-state index < -0.39 is 0 Å². The fraction of sp³-hybridized carbons (Fsp3) is 0.200. The van der Waals surface area contributed by atoms with Crippen LogP contribution >= 0.6 is 0 Å². The van der Waals surface area contributed by atoms with Crippen molar-refractivity contribution in [1.29, 1.82) is 0 Å². The molecule has 0 bridgehead atoms. The number of pyridine rings is 1. The molecule has 0 fully saturated rings. The van der Waals surface area contributed by atoms with E-state index in [1.807, 2.05) is 25.1 Å². The highest BCUT2D eigenvalue weighted by Crippen LogP contribution is 2.14. The van der Waals surface area contributed by atoms with Crippen LogP contribution in [-0.4, -0.2) is 10.9 Å². The molecule has 0 radical (unpaired) electrons. The number of rotatable bonds is 4. The molecule has 3 N–H and O–H groups in total. The molecule has 0 atom stereocenters. The molecule has 1 amide bonds. The van der Waals surface area contributed by atoms with Gasteiger partial charge in [0.15, 0.2) is 5.82 Å². The number of aromatic nitrogens is 1. The van der Waals surface area contributed by atoms with Crippen molar-refractivity contribution in [2.24, 2.45) is 0 Å². The molecule has 4 nitrogen and oxygen atoms in total. The minimum atomic E-state index is -0.0769. The van der Waals surface area contributed by atoms with Crippen LogP contribution in [0.5, 0.6) is 0 Å². The summed E-state index contributed by atoms with van der Waals surface area (Å²) in [4.78, 5) is 15.8. The second-order valence-electron chi connectivity index (χ2n) is 4.48. The lowest BCUT2D eigenvalue weighted by atomic mass is 10.1. The third kappa shape index (κ3) is 3.81. The van der Waals surface area contributed by atoms with Crippen molar-refractivity contribution < 1.29 is 4.79 Å². The van der Waals surface area contributed by atoms with Crippen LogP contribution in [-0.2, 0) is 11.2 Å². The minimum Gasteiger partial charge on any atom is -0.396 e. The molecule has 0 spiro atoms. The van der Waals surface area contributed by atoms with Crippen LogP contribution in [0.2, 0.25) is 0 Å². The molecule has 0 aliphatic heterocycles. The third-order valence-corrected chi connectivity index (χ3v) is 2.82. The topological polar surface area (TPSA) is 68.0 Å². The normalized spacial score (nSPS) is 10.2. The highest BCUT2D eigenvalue weighted by Gasteiger charge is 2.06. The molecule has 4 heteroatoms. The first kappa shape index (κ1) is 13.1. The Hall–Kier alpha value is -2.36. The molecule has 1 aromatic heterocycles. The average Bonchev–Trinajstić information content (AvgIpc) is 2.39. The number of nitrogens with one attached hydrogen (secondary N) is 1. The average molecular weight is 255 g/mol. The van der Waals surface area contributed by atoms with Crippen LogP contribution in [0.4, 0.5) is 11.5 Å². The molecule has 0 aliphatic rings. The van der Waals surface area contributed by atoms with Crippen LogP contribution < -0.4 is 11.1 Å². The predicted molar refractivity (Wildman–Crippen MR) is 76.8 cm³/mol. The van der Waals surface area contributed by atoms with E-state index in [0.29, 0.717) is 24.3 Å².